The van der Waals surface area contributed by atoms with E-state index in [9.17, 15) is 9.90 Å². The molecule has 1 unspecified atom stereocenters. The fourth-order valence-corrected chi connectivity index (χ4v) is 2.16. The highest BCUT2D eigenvalue weighted by Crippen LogP contribution is 2.32. The minimum Gasteiger partial charge on any atom is -0.478 e. The molecular formula is C13H14O3. The molecule has 3 heteroatoms. The van der Waals surface area contributed by atoms with E-state index in [2.05, 4.69) is 0 Å². The summed E-state index contributed by atoms with van der Waals surface area (Å²) in [4.78, 5) is 10.6. The SMILES string of the molecule is O=C(O)/C=C1/CCCc2ccccc2C1O. The smallest absolute Gasteiger partial charge is 0.328 e. The van der Waals surface area contributed by atoms with E-state index in [4.69, 9.17) is 5.11 Å². The van der Waals surface area contributed by atoms with Crippen molar-refractivity contribution in [3.8, 4) is 0 Å². The Labute approximate surface area is 94.0 Å². The van der Waals surface area contributed by atoms with E-state index in [-0.39, 0.29) is 0 Å². The molecule has 1 atom stereocenters. The van der Waals surface area contributed by atoms with Crippen LogP contribution in [0.2, 0.25) is 0 Å². The zero-order valence-corrected chi connectivity index (χ0v) is 8.89. The molecule has 1 aliphatic rings. The lowest BCUT2D eigenvalue weighted by atomic mass is 9.98. The van der Waals surface area contributed by atoms with Crippen LogP contribution in [0.5, 0.6) is 0 Å². The molecule has 84 valence electrons. The number of hydrogen-bond acceptors (Lipinski definition) is 2. The summed E-state index contributed by atoms with van der Waals surface area (Å²) < 4.78 is 0. The van der Waals surface area contributed by atoms with Crippen LogP contribution < -0.4 is 0 Å². The number of carboxylic acid groups (broad SMARTS) is 1. The number of hydrogen-bond donors (Lipinski definition) is 2. The van der Waals surface area contributed by atoms with E-state index >= 15 is 0 Å². The Morgan fingerprint density at radius 3 is 2.81 bits per heavy atom. The molecule has 2 rings (SSSR count). The van der Waals surface area contributed by atoms with Crippen molar-refractivity contribution in [2.75, 3.05) is 0 Å². The molecule has 0 amide bonds. The van der Waals surface area contributed by atoms with Crippen LogP contribution in [-0.4, -0.2) is 16.2 Å². The molecule has 1 aliphatic carbocycles. The predicted octanol–water partition coefficient (Wildman–Crippen LogP) is 2.07. The van der Waals surface area contributed by atoms with Gasteiger partial charge in [-0.3, -0.25) is 0 Å². The zero-order valence-electron chi connectivity index (χ0n) is 8.89. The van der Waals surface area contributed by atoms with Gasteiger partial charge in [0, 0.05) is 6.08 Å². The number of aryl methyl sites for hydroxylation is 1. The van der Waals surface area contributed by atoms with Gasteiger partial charge < -0.3 is 10.2 Å². The molecule has 0 spiro atoms. The molecule has 1 aromatic rings. The third-order valence-corrected chi connectivity index (χ3v) is 2.92. The van der Waals surface area contributed by atoms with Crippen LogP contribution in [0.4, 0.5) is 0 Å². The maximum atomic E-state index is 10.6. The summed E-state index contributed by atoms with van der Waals surface area (Å²) in [6, 6.07) is 7.66. The molecule has 0 saturated carbocycles. The molecule has 0 bridgehead atoms. The topological polar surface area (TPSA) is 57.5 Å². The molecule has 0 radical (unpaired) electrons. The highest BCUT2D eigenvalue weighted by Gasteiger charge is 2.20. The number of fused-ring (bicyclic) bond motifs is 1. The van der Waals surface area contributed by atoms with Crippen LogP contribution in [0.25, 0.3) is 0 Å². The molecule has 0 aliphatic heterocycles. The number of rotatable bonds is 1. The van der Waals surface area contributed by atoms with Gasteiger partial charge in [0.05, 0.1) is 0 Å². The second-order valence-electron chi connectivity index (χ2n) is 4.01. The van der Waals surface area contributed by atoms with Gasteiger partial charge in [-0.05, 0) is 36.0 Å². The highest BCUT2D eigenvalue weighted by molar-refractivity contribution is 5.81. The molecule has 1 aromatic carbocycles. The summed E-state index contributed by atoms with van der Waals surface area (Å²) in [5.74, 6) is -0.992. The molecule has 0 saturated heterocycles. The molecule has 0 fully saturated rings. The van der Waals surface area contributed by atoms with Crippen LogP contribution in [0, 0.1) is 0 Å². The monoisotopic (exact) mass is 218 g/mol. The van der Waals surface area contributed by atoms with Gasteiger partial charge >= 0.3 is 5.97 Å². The van der Waals surface area contributed by atoms with Crippen molar-refractivity contribution in [2.45, 2.75) is 25.4 Å². The summed E-state index contributed by atoms with van der Waals surface area (Å²) >= 11 is 0. The first-order valence-electron chi connectivity index (χ1n) is 5.38. The van der Waals surface area contributed by atoms with Gasteiger partial charge in [0.25, 0.3) is 0 Å². The van der Waals surface area contributed by atoms with Crippen molar-refractivity contribution in [1.29, 1.82) is 0 Å². The Morgan fingerprint density at radius 1 is 1.31 bits per heavy atom. The second kappa shape index (κ2) is 4.49. The van der Waals surface area contributed by atoms with Crippen molar-refractivity contribution in [3.63, 3.8) is 0 Å². The maximum Gasteiger partial charge on any atom is 0.328 e. The number of benzene rings is 1. The minimum absolute atomic E-state index is 0.595. The van der Waals surface area contributed by atoms with E-state index in [1.54, 1.807) is 0 Å². The number of aliphatic hydroxyl groups is 1. The molecule has 3 nitrogen and oxygen atoms in total. The van der Waals surface area contributed by atoms with Crippen LogP contribution >= 0.6 is 0 Å². The van der Waals surface area contributed by atoms with E-state index in [0.717, 1.165) is 30.0 Å². The first-order valence-corrected chi connectivity index (χ1v) is 5.38. The lowest BCUT2D eigenvalue weighted by molar-refractivity contribution is -0.131. The van der Waals surface area contributed by atoms with Gasteiger partial charge in [0.1, 0.15) is 6.10 Å². The lowest BCUT2D eigenvalue weighted by Crippen LogP contribution is -2.04. The predicted molar refractivity (Wildman–Crippen MR) is 60.1 cm³/mol. The normalized spacial score (nSPS) is 22.6. The van der Waals surface area contributed by atoms with E-state index in [0.29, 0.717) is 12.0 Å². The van der Waals surface area contributed by atoms with E-state index in [1.165, 1.54) is 0 Å². The lowest BCUT2D eigenvalue weighted by Gasteiger charge is -2.13. The number of aliphatic carboxylic acids is 1. The summed E-state index contributed by atoms with van der Waals surface area (Å²) in [5.41, 5.74) is 2.55. The van der Waals surface area contributed by atoms with Crippen molar-refractivity contribution >= 4 is 5.97 Å². The van der Waals surface area contributed by atoms with Crippen molar-refractivity contribution < 1.29 is 15.0 Å². The van der Waals surface area contributed by atoms with Crippen LogP contribution in [-0.2, 0) is 11.2 Å². The van der Waals surface area contributed by atoms with Crippen molar-refractivity contribution in [2.24, 2.45) is 0 Å². The van der Waals surface area contributed by atoms with E-state index in [1.807, 2.05) is 24.3 Å². The summed E-state index contributed by atoms with van der Waals surface area (Å²) in [5, 5.41) is 18.9. The third kappa shape index (κ3) is 2.14. The Kier molecular flexibility index (Phi) is 3.06. The van der Waals surface area contributed by atoms with Crippen LogP contribution in [0.3, 0.4) is 0 Å². The molecule has 0 heterocycles. The Morgan fingerprint density at radius 2 is 2.06 bits per heavy atom. The largest absolute Gasteiger partial charge is 0.478 e. The number of carboxylic acids is 1. The average Bonchev–Trinajstić information content (AvgIpc) is 2.40. The molecule has 2 N–H and O–H groups in total. The molecule has 16 heavy (non-hydrogen) atoms. The van der Waals surface area contributed by atoms with Gasteiger partial charge in [-0.15, -0.1) is 0 Å². The van der Waals surface area contributed by atoms with Crippen molar-refractivity contribution in [1.82, 2.24) is 0 Å². The van der Waals surface area contributed by atoms with E-state index < -0.39 is 12.1 Å². The minimum atomic E-state index is -0.992. The first kappa shape index (κ1) is 10.9. The fraction of sp³-hybridized carbons (Fsp3) is 0.308. The zero-order chi connectivity index (χ0) is 11.5. The fourth-order valence-electron chi connectivity index (χ4n) is 2.16. The summed E-state index contributed by atoms with van der Waals surface area (Å²) in [6.45, 7) is 0. The Bertz CT molecular complexity index is 435. The first-order chi connectivity index (χ1) is 7.68. The number of carbonyl (C=O) groups is 1. The average molecular weight is 218 g/mol. The summed E-state index contributed by atoms with van der Waals surface area (Å²) in [6.07, 6.45) is 2.78. The van der Waals surface area contributed by atoms with Crippen molar-refractivity contribution in [3.05, 3.63) is 47.0 Å². The van der Waals surface area contributed by atoms with Gasteiger partial charge in [-0.25, -0.2) is 4.79 Å². The van der Waals surface area contributed by atoms with Crippen LogP contribution in [0.1, 0.15) is 30.1 Å². The molecule has 0 aromatic heterocycles. The maximum absolute atomic E-state index is 10.6. The van der Waals surface area contributed by atoms with Gasteiger partial charge in [0.15, 0.2) is 0 Å². The van der Waals surface area contributed by atoms with Crippen LogP contribution in [0.15, 0.2) is 35.9 Å². The Balaban J connectivity index is 2.41. The Hall–Kier alpha value is -1.61. The van der Waals surface area contributed by atoms with Gasteiger partial charge in [-0.2, -0.15) is 0 Å². The standard InChI is InChI=1S/C13H14O3/c14-12(15)8-10-6-3-5-9-4-1-2-7-11(9)13(10)16/h1-2,4,7-8,13,16H,3,5-6H2,(H,14,15)/b10-8-. The quantitative estimate of drug-likeness (QED) is 0.560. The van der Waals surface area contributed by atoms with Gasteiger partial charge in [-0.1, -0.05) is 24.3 Å². The summed E-state index contributed by atoms with van der Waals surface area (Å²) in [7, 11) is 0. The number of aliphatic hydroxyl groups excluding tert-OH is 1. The highest BCUT2D eigenvalue weighted by atomic mass is 16.4. The second-order valence-corrected chi connectivity index (χ2v) is 4.01. The van der Waals surface area contributed by atoms with Gasteiger partial charge in [0.2, 0.25) is 0 Å². The molecular weight excluding hydrogens is 204 g/mol. The third-order valence-electron chi connectivity index (χ3n) is 2.92.